The van der Waals surface area contributed by atoms with E-state index in [-0.39, 0.29) is 29.7 Å². The van der Waals surface area contributed by atoms with Gasteiger partial charge in [-0.25, -0.2) is 9.79 Å². The van der Waals surface area contributed by atoms with Crippen LogP contribution < -0.4 is 16.4 Å². The minimum atomic E-state index is -4.51. The van der Waals surface area contributed by atoms with Gasteiger partial charge in [0.05, 0.1) is 28.9 Å². The van der Waals surface area contributed by atoms with E-state index in [0.717, 1.165) is 12.1 Å². The Morgan fingerprint density at radius 1 is 1.17 bits per heavy atom. The highest BCUT2D eigenvalue weighted by molar-refractivity contribution is 6.05. The van der Waals surface area contributed by atoms with Crippen molar-refractivity contribution in [2.45, 2.75) is 51.4 Å². The van der Waals surface area contributed by atoms with Crippen LogP contribution in [0.3, 0.4) is 0 Å². The van der Waals surface area contributed by atoms with Crippen molar-refractivity contribution in [3.8, 4) is 0 Å². The number of amides is 2. The summed E-state index contributed by atoms with van der Waals surface area (Å²) in [6.07, 6.45) is -5.26. The van der Waals surface area contributed by atoms with E-state index in [2.05, 4.69) is 15.6 Å². The number of nitrogens with one attached hydrogen (secondary N) is 2. The first-order valence-electron chi connectivity index (χ1n) is 10.8. The number of guanidine groups is 1. The topological polar surface area (TPSA) is 109 Å². The van der Waals surface area contributed by atoms with Crippen molar-refractivity contribution in [1.29, 1.82) is 0 Å². The first kappa shape index (κ1) is 25.9. The molecule has 0 spiro atoms. The van der Waals surface area contributed by atoms with Crippen LogP contribution in [0.5, 0.6) is 0 Å². The van der Waals surface area contributed by atoms with Gasteiger partial charge in [0.25, 0.3) is 0 Å². The van der Waals surface area contributed by atoms with Crippen molar-refractivity contribution >= 4 is 35.0 Å². The fourth-order valence-electron chi connectivity index (χ4n) is 3.48. The molecule has 1 aliphatic rings. The van der Waals surface area contributed by atoms with Gasteiger partial charge in [0.2, 0.25) is 11.9 Å². The third kappa shape index (κ3) is 6.23. The Balaban J connectivity index is 1.92. The molecule has 8 nitrogen and oxygen atoms in total. The zero-order chi connectivity index (χ0) is 26.2. The summed E-state index contributed by atoms with van der Waals surface area (Å²) < 4.78 is 44.6. The largest absolute Gasteiger partial charge is 0.444 e. The highest BCUT2D eigenvalue weighted by Crippen LogP contribution is 2.37. The summed E-state index contributed by atoms with van der Waals surface area (Å²) in [4.78, 5) is 30.8. The number of carbonyl (C=O) groups is 2. The van der Waals surface area contributed by atoms with Gasteiger partial charge < -0.3 is 15.8 Å². The maximum absolute atomic E-state index is 13.1. The molecule has 1 heterocycles. The van der Waals surface area contributed by atoms with Crippen molar-refractivity contribution < 1.29 is 27.5 Å². The Kier molecular flexibility index (Phi) is 6.74. The second kappa shape index (κ2) is 9.12. The van der Waals surface area contributed by atoms with Gasteiger partial charge in [-0.05, 0) is 63.6 Å². The van der Waals surface area contributed by atoms with Crippen LogP contribution in [0.1, 0.15) is 45.2 Å². The average Bonchev–Trinajstić information content (AvgIpc) is 2.71. The molecule has 0 unspecified atom stereocenters. The molecule has 188 valence electrons. The molecule has 0 aliphatic carbocycles. The first-order chi connectivity index (χ1) is 16.1. The number of ether oxygens (including phenoxy) is 1. The number of alkyl halides is 3. The Morgan fingerprint density at radius 3 is 2.49 bits per heavy atom. The number of anilines is 3. The van der Waals surface area contributed by atoms with Gasteiger partial charge >= 0.3 is 12.3 Å². The smallest absolute Gasteiger partial charge is 0.416 e. The maximum atomic E-state index is 13.1. The number of benzene rings is 2. The summed E-state index contributed by atoms with van der Waals surface area (Å²) in [6.45, 7) is 6.87. The van der Waals surface area contributed by atoms with E-state index in [0.29, 0.717) is 11.3 Å². The molecule has 0 fully saturated rings. The second-order valence-electron chi connectivity index (χ2n) is 9.47. The first-order valence-corrected chi connectivity index (χ1v) is 10.8. The van der Waals surface area contributed by atoms with E-state index in [1.165, 1.54) is 18.0 Å². The van der Waals surface area contributed by atoms with Gasteiger partial charge in [-0.1, -0.05) is 12.1 Å². The summed E-state index contributed by atoms with van der Waals surface area (Å²) in [5.74, 6) is -0.257. The van der Waals surface area contributed by atoms with Crippen LogP contribution in [0.25, 0.3) is 0 Å². The van der Waals surface area contributed by atoms with Crippen LogP contribution in [0.2, 0.25) is 0 Å². The van der Waals surface area contributed by atoms with Gasteiger partial charge in [-0.3, -0.25) is 15.0 Å². The number of nitrogen functional groups attached to an aromatic ring is 1. The van der Waals surface area contributed by atoms with E-state index in [1.54, 1.807) is 52.0 Å². The molecule has 1 aliphatic heterocycles. The Labute approximate surface area is 201 Å². The number of nitrogens with two attached hydrogens (primary N) is 1. The van der Waals surface area contributed by atoms with Crippen molar-refractivity contribution in [2.75, 3.05) is 18.1 Å². The lowest BCUT2D eigenvalue weighted by Gasteiger charge is -2.35. The Hall–Kier alpha value is -3.76. The number of carbonyl (C=O) groups excluding carboxylic acids is 2. The van der Waals surface area contributed by atoms with Crippen LogP contribution in [-0.2, 0) is 21.2 Å². The number of hydrogen-bond donors (Lipinski definition) is 3. The highest BCUT2D eigenvalue weighted by atomic mass is 19.4. The average molecular weight is 492 g/mol. The minimum absolute atomic E-state index is 0.0121. The summed E-state index contributed by atoms with van der Waals surface area (Å²) in [7, 11) is 1.49. The van der Waals surface area contributed by atoms with E-state index in [9.17, 15) is 22.8 Å². The molecular formula is C24H28F3N5O3. The third-order valence-electron chi connectivity index (χ3n) is 5.30. The highest BCUT2D eigenvalue weighted by Gasteiger charge is 2.38. The molecule has 3 rings (SSSR count). The molecular weight excluding hydrogens is 463 g/mol. The van der Waals surface area contributed by atoms with E-state index < -0.39 is 29.0 Å². The van der Waals surface area contributed by atoms with Gasteiger partial charge in [0.15, 0.2) is 0 Å². The number of nitrogens with zero attached hydrogens (tertiary/aromatic N) is 2. The van der Waals surface area contributed by atoms with Crippen molar-refractivity contribution in [1.82, 2.24) is 10.2 Å². The van der Waals surface area contributed by atoms with Gasteiger partial charge in [0, 0.05) is 12.7 Å². The zero-order valence-electron chi connectivity index (χ0n) is 20.1. The van der Waals surface area contributed by atoms with Crippen LogP contribution >= 0.6 is 0 Å². The molecule has 11 heteroatoms. The SMILES string of the molecule is CN1C(=O)C[C@@](C)(c2cccc(Nc3cc(C(F)(F)F)ccc3N)c2)N=C1NC(=O)OC(C)(C)C. The van der Waals surface area contributed by atoms with Gasteiger partial charge in [-0.2, -0.15) is 13.2 Å². The summed E-state index contributed by atoms with van der Waals surface area (Å²) >= 11 is 0. The van der Waals surface area contributed by atoms with Crippen LogP contribution in [-0.4, -0.2) is 35.5 Å². The predicted molar refractivity (Wildman–Crippen MR) is 127 cm³/mol. The van der Waals surface area contributed by atoms with Gasteiger partial charge in [0.1, 0.15) is 5.60 Å². The number of hydrogen-bond acceptors (Lipinski definition) is 6. The number of alkyl carbamates (subject to hydrolysis) is 1. The minimum Gasteiger partial charge on any atom is -0.444 e. The zero-order valence-corrected chi connectivity index (χ0v) is 20.1. The van der Waals surface area contributed by atoms with Crippen molar-refractivity contribution in [2.24, 2.45) is 4.99 Å². The second-order valence-corrected chi connectivity index (χ2v) is 9.47. The summed E-state index contributed by atoms with van der Waals surface area (Å²) in [6, 6.07) is 9.80. The molecule has 0 saturated heterocycles. The monoisotopic (exact) mass is 491 g/mol. The lowest BCUT2D eigenvalue weighted by atomic mass is 9.87. The predicted octanol–water partition coefficient (Wildman–Crippen LogP) is 4.99. The molecule has 0 radical (unpaired) electrons. The molecule has 0 bridgehead atoms. The Bertz CT molecular complexity index is 1170. The lowest BCUT2D eigenvalue weighted by molar-refractivity contribution is -0.137. The molecule has 0 saturated carbocycles. The molecule has 2 aromatic rings. The van der Waals surface area contributed by atoms with E-state index >= 15 is 0 Å². The quantitative estimate of drug-likeness (QED) is 0.524. The third-order valence-corrected chi connectivity index (χ3v) is 5.30. The maximum Gasteiger partial charge on any atom is 0.416 e. The van der Waals surface area contributed by atoms with Crippen LogP contribution in [0, 0.1) is 0 Å². The lowest BCUT2D eigenvalue weighted by Crippen LogP contribution is -2.52. The molecule has 4 N–H and O–H groups in total. The fourth-order valence-corrected chi connectivity index (χ4v) is 3.48. The van der Waals surface area contributed by atoms with E-state index in [4.69, 9.17) is 10.5 Å². The molecule has 0 aromatic heterocycles. The van der Waals surface area contributed by atoms with Gasteiger partial charge in [-0.15, -0.1) is 0 Å². The normalized spacial score (nSPS) is 18.7. The molecule has 2 amide bonds. The van der Waals surface area contributed by atoms with Crippen molar-refractivity contribution in [3.63, 3.8) is 0 Å². The van der Waals surface area contributed by atoms with E-state index in [1.807, 2.05) is 0 Å². The molecule has 2 aromatic carbocycles. The number of aliphatic imine (C=N–C) groups is 1. The molecule has 35 heavy (non-hydrogen) atoms. The fraction of sp³-hybridized carbons (Fsp3) is 0.375. The van der Waals surface area contributed by atoms with Crippen LogP contribution in [0.15, 0.2) is 47.5 Å². The summed E-state index contributed by atoms with van der Waals surface area (Å²) in [5, 5.41) is 5.43. The Morgan fingerprint density at radius 2 is 1.86 bits per heavy atom. The standard InChI is InChI=1S/C24H28F3N5O3/c1-22(2,3)35-21(34)30-20-31-23(4,13-19(33)32(20)5)14-7-6-8-16(11-14)29-18-12-15(24(25,26)27)9-10-17(18)28/h6-12,29H,13,28H2,1-5H3,(H,30,31,34)/t23-/m0/s1. The number of halogens is 3. The van der Waals surface area contributed by atoms with Crippen molar-refractivity contribution in [3.05, 3.63) is 53.6 Å². The molecule has 1 atom stereocenters. The number of rotatable bonds is 3. The summed E-state index contributed by atoms with van der Waals surface area (Å²) in [5.41, 5.74) is 4.56. The van der Waals surface area contributed by atoms with Crippen LogP contribution in [0.4, 0.5) is 35.0 Å².